The molecule has 0 radical (unpaired) electrons. The van der Waals surface area contributed by atoms with Gasteiger partial charge in [-0.15, -0.1) is 0 Å². The SMILES string of the molecule is COc1ccc(Nc2cc3c(cn2)ncn3CC2CC2)cc1. The summed E-state index contributed by atoms with van der Waals surface area (Å²) in [4.78, 5) is 8.86. The number of pyridine rings is 1. The van der Waals surface area contributed by atoms with Crippen molar-refractivity contribution in [2.75, 3.05) is 12.4 Å². The van der Waals surface area contributed by atoms with Crippen LogP contribution in [0.4, 0.5) is 11.5 Å². The minimum Gasteiger partial charge on any atom is -0.497 e. The number of methoxy groups -OCH3 is 1. The summed E-state index contributed by atoms with van der Waals surface area (Å²) in [5, 5.41) is 3.33. The largest absolute Gasteiger partial charge is 0.497 e. The van der Waals surface area contributed by atoms with Crippen molar-refractivity contribution in [3.05, 3.63) is 42.9 Å². The van der Waals surface area contributed by atoms with Crippen molar-refractivity contribution < 1.29 is 4.74 Å². The predicted octanol–water partition coefficient (Wildman–Crippen LogP) is 3.59. The van der Waals surface area contributed by atoms with E-state index < -0.39 is 0 Å². The van der Waals surface area contributed by atoms with Crippen LogP contribution in [0.5, 0.6) is 5.75 Å². The third-order valence-corrected chi connectivity index (χ3v) is 4.02. The van der Waals surface area contributed by atoms with E-state index in [0.29, 0.717) is 0 Å². The lowest BCUT2D eigenvalue weighted by molar-refractivity contribution is 0.415. The Balaban J connectivity index is 1.60. The molecule has 1 aliphatic rings. The van der Waals surface area contributed by atoms with Crippen molar-refractivity contribution in [3.63, 3.8) is 0 Å². The van der Waals surface area contributed by atoms with Gasteiger partial charge >= 0.3 is 0 Å². The Morgan fingerprint density at radius 3 is 2.77 bits per heavy atom. The molecule has 0 atom stereocenters. The Hall–Kier alpha value is -2.56. The molecule has 0 spiro atoms. The quantitative estimate of drug-likeness (QED) is 0.781. The van der Waals surface area contributed by atoms with Gasteiger partial charge in [0.1, 0.15) is 17.1 Å². The molecule has 112 valence electrons. The lowest BCUT2D eigenvalue weighted by Crippen LogP contribution is -1.99. The first kappa shape index (κ1) is 13.1. The maximum atomic E-state index is 5.17. The molecule has 3 aromatic rings. The molecule has 1 saturated carbocycles. The van der Waals surface area contributed by atoms with Gasteiger partial charge in [0.25, 0.3) is 0 Å². The highest BCUT2D eigenvalue weighted by atomic mass is 16.5. The Labute approximate surface area is 129 Å². The Morgan fingerprint density at radius 1 is 1.23 bits per heavy atom. The fourth-order valence-electron chi connectivity index (χ4n) is 2.58. The first-order valence-electron chi connectivity index (χ1n) is 7.54. The van der Waals surface area contributed by atoms with E-state index >= 15 is 0 Å². The maximum Gasteiger partial charge on any atom is 0.132 e. The Bertz CT molecular complexity index is 790. The highest BCUT2D eigenvalue weighted by molar-refractivity contribution is 5.78. The van der Waals surface area contributed by atoms with Crippen LogP contribution in [-0.4, -0.2) is 21.6 Å². The molecule has 1 aliphatic carbocycles. The van der Waals surface area contributed by atoms with Crippen molar-refractivity contribution in [1.29, 1.82) is 0 Å². The molecule has 22 heavy (non-hydrogen) atoms. The van der Waals surface area contributed by atoms with Crippen LogP contribution in [0.25, 0.3) is 11.0 Å². The van der Waals surface area contributed by atoms with Gasteiger partial charge < -0.3 is 14.6 Å². The molecule has 0 amide bonds. The summed E-state index contributed by atoms with van der Waals surface area (Å²) in [5.41, 5.74) is 3.07. The number of nitrogens with zero attached hydrogens (tertiary/aromatic N) is 3. The third kappa shape index (κ3) is 2.62. The van der Waals surface area contributed by atoms with Crippen LogP contribution in [0.1, 0.15) is 12.8 Å². The molecular formula is C17H18N4O. The second-order valence-corrected chi connectivity index (χ2v) is 5.75. The summed E-state index contributed by atoms with van der Waals surface area (Å²) in [6.45, 7) is 1.06. The van der Waals surface area contributed by atoms with Gasteiger partial charge in [0, 0.05) is 18.3 Å². The van der Waals surface area contributed by atoms with Crippen LogP contribution in [0.15, 0.2) is 42.9 Å². The molecule has 0 saturated heterocycles. The predicted molar refractivity (Wildman–Crippen MR) is 86.5 cm³/mol. The monoisotopic (exact) mass is 294 g/mol. The first-order valence-corrected chi connectivity index (χ1v) is 7.54. The average molecular weight is 294 g/mol. The van der Waals surface area contributed by atoms with E-state index in [9.17, 15) is 0 Å². The normalized spacial score (nSPS) is 14.2. The number of aromatic nitrogens is 3. The fourth-order valence-corrected chi connectivity index (χ4v) is 2.58. The van der Waals surface area contributed by atoms with Crippen molar-refractivity contribution in [2.45, 2.75) is 19.4 Å². The van der Waals surface area contributed by atoms with Gasteiger partial charge in [0.15, 0.2) is 0 Å². The van der Waals surface area contributed by atoms with Crippen LogP contribution in [0.2, 0.25) is 0 Å². The van der Waals surface area contributed by atoms with Gasteiger partial charge in [0.05, 0.1) is 25.2 Å². The Kier molecular flexibility index (Phi) is 3.18. The van der Waals surface area contributed by atoms with Crippen molar-refractivity contribution in [3.8, 4) is 5.75 Å². The zero-order valence-corrected chi connectivity index (χ0v) is 12.5. The number of benzene rings is 1. The number of hydrogen-bond donors (Lipinski definition) is 1. The van der Waals surface area contributed by atoms with E-state index in [1.807, 2.05) is 36.8 Å². The number of anilines is 2. The van der Waals surface area contributed by atoms with Crippen LogP contribution in [0.3, 0.4) is 0 Å². The van der Waals surface area contributed by atoms with Crippen molar-refractivity contribution in [2.24, 2.45) is 5.92 Å². The summed E-state index contributed by atoms with van der Waals surface area (Å²) in [5.74, 6) is 2.50. The van der Waals surface area contributed by atoms with Gasteiger partial charge in [-0.3, -0.25) is 0 Å². The lowest BCUT2D eigenvalue weighted by Gasteiger charge is -2.08. The molecule has 0 aliphatic heterocycles. The second-order valence-electron chi connectivity index (χ2n) is 5.75. The maximum absolute atomic E-state index is 5.17. The second kappa shape index (κ2) is 5.33. The summed E-state index contributed by atoms with van der Waals surface area (Å²) in [7, 11) is 1.67. The highest BCUT2D eigenvalue weighted by Gasteiger charge is 2.22. The molecule has 4 rings (SSSR count). The molecule has 2 aromatic heterocycles. The van der Waals surface area contributed by atoms with E-state index in [1.165, 1.54) is 12.8 Å². The number of imidazole rings is 1. The summed E-state index contributed by atoms with van der Waals surface area (Å²) in [6, 6.07) is 9.88. The van der Waals surface area contributed by atoms with Crippen LogP contribution in [-0.2, 0) is 6.54 Å². The van der Waals surface area contributed by atoms with E-state index in [-0.39, 0.29) is 0 Å². The fraction of sp³-hybridized carbons (Fsp3) is 0.294. The molecular weight excluding hydrogens is 276 g/mol. The lowest BCUT2D eigenvalue weighted by atomic mass is 10.3. The molecule has 1 aromatic carbocycles. The van der Waals surface area contributed by atoms with E-state index in [1.54, 1.807) is 7.11 Å². The third-order valence-electron chi connectivity index (χ3n) is 4.02. The van der Waals surface area contributed by atoms with Crippen molar-refractivity contribution in [1.82, 2.24) is 14.5 Å². The smallest absolute Gasteiger partial charge is 0.132 e. The number of hydrogen-bond acceptors (Lipinski definition) is 4. The first-order chi connectivity index (χ1) is 10.8. The summed E-state index contributed by atoms with van der Waals surface area (Å²) in [6.07, 6.45) is 6.41. The number of rotatable bonds is 5. The van der Waals surface area contributed by atoms with Gasteiger partial charge in [-0.2, -0.15) is 0 Å². The van der Waals surface area contributed by atoms with Gasteiger partial charge in [-0.25, -0.2) is 9.97 Å². The molecule has 0 unspecified atom stereocenters. The number of ether oxygens (including phenoxy) is 1. The molecule has 5 nitrogen and oxygen atoms in total. The molecule has 5 heteroatoms. The zero-order valence-electron chi connectivity index (χ0n) is 12.5. The molecule has 0 bridgehead atoms. The van der Waals surface area contributed by atoms with Crippen LogP contribution >= 0.6 is 0 Å². The standard InChI is InChI=1S/C17H18N4O/c1-22-14-6-4-13(5-7-14)20-17-8-16-15(9-18-17)19-11-21(16)10-12-2-3-12/h4-9,11-12H,2-3,10H2,1H3,(H,18,20). The topological polar surface area (TPSA) is 52.0 Å². The Morgan fingerprint density at radius 2 is 2.05 bits per heavy atom. The van der Waals surface area contributed by atoms with Gasteiger partial charge in [0.2, 0.25) is 0 Å². The molecule has 1 fully saturated rings. The van der Waals surface area contributed by atoms with Gasteiger partial charge in [-0.05, 0) is 43.0 Å². The van der Waals surface area contributed by atoms with E-state index in [4.69, 9.17) is 4.74 Å². The highest BCUT2D eigenvalue weighted by Crippen LogP contribution is 2.32. The number of nitrogens with one attached hydrogen (secondary N) is 1. The number of fused-ring (bicyclic) bond motifs is 1. The summed E-state index contributed by atoms with van der Waals surface area (Å²) < 4.78 is 7.40. The zero-order chi connectivity index (χ0) is 14.9. The minimum atomic E-state index is 0.823. The van der Waals surface area contributed by atoms with E-state index in [0.717, 1.165) is 40.8 Å². The van der Waals surface area contributed by atoms with Crippen LogP contribution in [0, 0.1) is 5.92 Å². The van der Waals surface area contributed by atoms with Crippen LogP contribution < -0.4 is 10.1 Å². The van der Waals surface area contributed by atoms with Crippen molar-refractivity contribution >= 4 is 22.5 Å². The summed E-state index contributed by atoms with van der Waals surface area (Å²) >= 11 is 0. The minimum absolute atomic E-state index is 0.823. The average Bonchev–Trinajstić information content (AvgIpc) is 3.29. The molecule has 2 heterocycles. The van der Waals surface area contributed by atoms with E-state index in [2.05, 4.69) is 25.9 Å². The molecule has 1 N–H and O–H groups in total. The van der Waals surface area contributed by atoms with Gasteiger partial charge in [-0.1, -0.05) is 0 Å².